The summed E-state index contributed by atoms with van der Waals surface area (Å²) >= 11 is 0. The highest BCUT2D eigenvalue weighted by Crippen LogP contribution is 2.24. The molecular weight excluding hydrogens is 177 g/mol. The Hall–Kier alpha value is -1.70. The lowest BCUT2D eigenvalue weighted by molar-refractivity contribution is 0.623. The highest BCUT2D eigenvalue weighted by molar-refractivity contribution is 5.66. The van der Waals surface area contributed by atoms with E-state index in [2.05, 4.69) is 4.98 Å². The molecule has 0 aliphatic rings. The molecule has 2 heteroatoms. The van der Waals surface area contributed by atoms with Gasteiger partial charge in [-0.3, -0.25) is 4.98 Å². The van der Waals surface area contributed by atoms with Gasteiger partial charge >= 0.3 is 0 Å². The maximum Gasteiger partial charge on any atom is 0.149 e. The Kier molecular flexibility index (Phi) is 2.27. The third-order valence-corrected chi connectivity index (χ3v) is 2.15. The van der Waals surface area contributed by atoms with Crippen molar-refractivity contribution in [2.24, 2.45) is 0 Å². The zero-order chi connectivity index (χ0) is 9.97. The highest BCUT2D eigenvalue weighted by atomic mass is 19.1. The largest absolute Gasteiger partial charge is 0.261 e. The Morgan fingerprint density at radius 3 is 2.43 bits per heavy atom. The first-order chi connectivity index (χ1) is 6.79. The van der Waals surface area contributed by atoms with Crippen LogP contribution in [0.5, 0.6) is 0 Å². The maximum atomic E-state index is 13.5. The summed E-state index contributed by atoms with van der Waals surface area (Å²) in [6.07, 6.45) is 2.92. The minimum atomic E-state index is -0.267. The van der Waals surface area contributed by atoms with Crippen LogP contribution in [0.3, 0.4) is 0 Å². The first-order valence-corrected chi connectivity index (χ1v) is 4.44. The molecule has 2 aromatic rings. The van der Waals surface area contributed by atoms with Crippen LogP contribution in [0, 0.1) is 12.7 Å². The number of nitrogens with zero attached hydrogens (tertiary/aromatic N) is 1. The summed E-state index contributed by atoms with van der Waals surface area (Å²) in [6, 6.07) is 9.50. The molecule has 0 atom stereocenters. The number of aromatic nitrogens is 1. The van der Waals surface area contributed by atoms with Crippen molar-refractivity contribution in [2.45, 2.75) is 6.92 Å². The van der Waals surface area contributed by atoms with Gasteiger partial charge in [0.2, 0.25) is 0 Å². The van der Waals surface area contributed by atoms with Gasteiger partial charge in [-0.2, -0.15) is 0 Å². The Balaban J connectivity index is 2.63. The lowest BCUT2D eigenvalue weighted by Gasteiger charge is -2.05. The Morgan fingerprint density at radius 1 is 1.07 bits per heavy atom. The predicted octanol–water partition coefficient (Wildman–Crippen LogP) is 3.20. The van der Waals surface area contributed by atoms with Crippen LogP contribution in [0.25, 0.3) is 11.1 Å². The quantitative estimate of drug-likeness (QED) is 0.668. The van der Waals surface area contributed by atoms with Gasteiger partial charge in [-0.1, -0.05) is 30.3 Å². The van der Waals surface area contributed by atoms with Crippen molar-refractivity contribution in [2.75, 3.05) is 0 Å². The van der Waals surface area contributed by atoms with Gasteiger partial charge < -0.3 is 0 Å². The van der Waals surface area contributed by atoms with Crippen LogP contribution < -0.4 is 0 Å². The second-order valence-electron chi connectivity index (χ2n) is 3.18. The monoisotopic (exact) mass is 187 g/mol. The van der Waals surface area contributed by atoms with Crippen LogP contribution in [0.15, 0.2) is 42.7 Å². The molecule has 0 fully saturated rings. The van der Waals surface area contributed by atoms with E-state index in [4.69, 9.17) is 0 Å². The topological polar surface area (TPSA) is 12.9 Å². The number of rotatable bonds is 1. The third-order valence-electron chi connectivity index (χ3n) is 2.15. The highest BCUT2D eigenvalue weighted by Gasteiger charge is 2.07. The van der Waals surface area contributed by atoms with Crippen molar-refractivity contribution < 1.29 is 4.39 Å². The molecule has 1 aromatic heterocycles. The lowest BCUT2D eigenvalue weighted by atomic mass is 10.0. The van der Waals surface area contributed by atoms with E-state index in [1.54, 1.807) is 6.20 Å². The summed E-state index contributed by atoms with van der Waals surface area (Å²) in [5, 5.41) is 0. The van der Waals surface area contributed by atoms with Crippen LogP contribution in [0.2, 0.25) is 0 Å². The number of halogens is 1. The molecule has 0 amide bonds. The Labute approximate surface area is 82.2 Å². The molecule has 2 rings (SSSR count). The van der Waals surface area contributed by atoms with E-state index >= 15 is 0 Å². The van der Waals surface area contributed by atoms with E-state index in [9.17, 15) is 4.39 Å². The molecule has 0 spiro atoms. The van der Waals surface area contributed by atoms with Gasteiger partial charge in [-0.25, -0.2) is 4.39 Å². The maximum absolute atomic E-state index is 13.5. The first kappa shape index (κ1) is 8.88. The molecule has 0 N–H and O–H groups in total. The zero-order valence-corrected chi connectivity index (χ0v) is 7.87. The fourth-order valence-electron chi connectivity index (χ4n) is 1.50. The van der Waals surface area contributed by atoms with Gasteiger partial charge in [0.25, 0.3) is 0 Å². The minimum absolute atomic E-state index is 0.267. The molecule has 0 unspecified atom stereocenters. The van der Waals surface area contributed by atoms with Gasteiger partial charge in [0, 0.05) is 11.8 Å². The average molecular weight is 187 g/mol. The smallest absolute Gasteiger partial charge is 0.149 e. The molecular formula is C12H10FN. The van der Waals surface area contributed by atoms with E-state index < -0.39 is 0 Å². The molecule has 14 heavy (non-hydrogen) atoms. The molecule has 1 aromatic carbocycles. The van der Waals surface area contributed by atoms with Gasteiger partial charge in [0.05, 0.1) is 6.20 Å². The Morgan fingerprint density at radius 2 is 1.79 bits per heavy atom. The van der Waals surface area contributed by atoms with Crippen molar-refractivity contribution in [1.82, 2.24) is 4.98 Å². The summed E-state index contributed by atoms with van der Waals surface area (Å²) in [7, 11) is 0. The minimum Gasteiger partial charge on any atom is -0.261 e. The normalized spacial score (nSPS) is 10.1. The van der Waals surface area contributed by atoms with E-state index in [1.807, 2.05) is 37.3 Å². The number of pyridine rings is 1. The van der Waals surface area contributed by atoms with Gasteiger partial charge in [-0.05, 0) is 18.1 Å². The number of hydrogen-bond donors (Lipinski definition) is 0. The van der Waals surface area contributed by atoms with E-state index in [0.717, 1.165) is 11.1 Å². The molecule has 70 valence electrons. The van der Waals surface area contributed by atoms with Crippen molar-refractivity contribution in [3.63, 3.8) is 0 Å². The van der Waals surface area contributed by atoms with Gasteiger partial charge in [0.1, 0.15) is 5.82 Å². The van der Waals surface area contributed by atoms with E-state index in [1.165, 1.54) is 6.20 Å². The number of aryl methyl sites for hydroxylation is 1. The van der Waals surface area contributed by atoms with Crippen LogP contribution in [-0.4, -0.2) is 4.98 Å². The third kappa shape index (κ3) is 1.51. The summed E-state index contributed by atoms with van der Waals surface area (Å²) < 4.78 is 13.5. The van der Waals surface area contributed by atoms with Crippen LogP contribution >= 0.6 is 0 Å². The Bertz CT molecular complexity index is 417. The van der Waals surface area contributed by atoms with Crippen molar-refractivity contribution >= 4 is 0 Å². The summed E-state index contributed by atoms with van der Waals surface area (Å²) in [4.78, 5) is 3.79. The van der Waals surface area contributed by atoms with Crippen molar-refractivity contribution in [3.8, 4) is 11.1 Å². The molecule has 0 saturated heterocycles. The van der Waals surface area contributed by atoms with Crippen molar-refractivity contribution in [1.29, 1.82) is 0 Å². The van der Waals surface area contributed by atoms with Gasteiger partial charge in [-0.15, -0.1) is 0 Å². The van der Waals surface area contributed by atoms with Crippen LogP contribution in [0.4, 0.5) is 4.39 Å². The summed E-state index contributed by atoms with van der Waals surface area (Å²) in [5.41, 5.74) is 2.39. The standard InChI is InChI=1S/C12H10FN/c1-9-7-14-8-11(13)12(9)10-5-3-2-4-6-10/h2-8H,1H3. The van der Waals surface area contributed by atoms with E-state index in [0.29, 0.717) is 5.56 Å². The summed E-state index contributed by atoms with van der Waals surface area (Å²) in [5.74, 6) is -0.267. The molecule has 1 heterocycles. The SMILES string of the molecule is Cc1cncc(F)c1-c1ccccc1. The second-order valence-corrected chi connectivity index (χ2v) is 3.18. The van der Waals surface area contributed by atoms with Crippen LogP contribution in [-0.2, 0) is 0 Å². The first-order valence-electron chi connectivity index (χ1n) is 4.44. The van der Waals surface area contributed by atoms with Crippen molar-refractivity contribution in [3.05, 3.63) is 54.1 Å². The van der Waals surface area contributed by atoms with Gasteiger partial charge in [0.15, 0.2) is 0 Å². The van der Waals surface area contributed by atoms with E-state index in [-0.39, 0.29) is 5.82 Å². The molecule has 1 nitrogen and oxygen atoms in total. The molecule has 0 bridgehead atoms. The molecule has 0 radical (unpaired) electrons. The molecule has 0 aliphatic carbocycles. The predicted molar refractivity (Wildman–Crippen MR) is 54.4 cm³/mol. The lowest BCUT2D eigenvalue weighted by Crippen LogP contribution is -1.90. The average Bonchev–Trinajstić information content (AvgIpc) is 2.19. The molecule has 0 saturated carbocycles. The van der Waals surface area contributed by atoms with Crippen LogP contribution in [0.1, 0.15) is 5.56 Å². The molecule has 0 aliphatic heterocycles. The summed E-state index contributed by atoms with van der Waals surface area (Å²) in [6.45, 7) is 1.86. The second kappa shape index (κ2) is 3.58. The zero-order valence-electron chi connectivity index (χ0n) is 7.87. The number of hydrogen-bond acceptors (Lipinski definition) is 1. The fourth-order valence-corrected chi connectivity index (χ4v) is 1.50. The number of benzene rings is 1. The fraction of sp³-hybridized carbons (Fsp3) is 0.0833.